The summed E-state index contributed by atoms with van der Waals surface area (Å²) in [6.45, 7) is 7.15. The van der Waals surface area contributed by atoms with E-state index >= 15 is 0 Å². The maximum atomic E-state index is 11.5. The second-order valence-corrected chi connectivity index (χ2v) is 5.17. The van der Waals surface area contributed by atoms with Crippen molar-refractivity contribution in [3.05, 3.63) is 58.7 Å². The quantitative estimate of drug-likeness (QED) is 0.773. The van der Waals surface area contributed by atoms with Crippen LogP contribution in [0.4, 0.5) is 0 Å². The Hall–Kier alpha value is -2.22. The molecule has 0 amide bonds. The average molecular weight is 266 g/mol. The minimum atomic E-state index is 0.0478. The van der Waals surface area contributed by atoms with Gasteiger partial charge in [0, 0.05) is 11.1 Å². The van der Waals surface area contributed by atoms with Gasteiger partial charge in [0.25, 0.3) is 0 Å². The molecule has 0 N–H and O–H groups in total. The number of hydrogen-bond acceptors (Lipinski definition) is 2. The molecule has 0 aromatic heterocycles. The second-order valence-electron chi connectivity index (χ2n) is 5.17. The first-order valence-corrected chi connectivity index (χ1v) is 6.63. The molecule has 2 aromatic rings. The van der Waals surface area contributed by atoms with Crippen molar-refractivity contribution in [2.75, 3.05) is 0 Å². The first kappa shape index (κ1) is 14.2. The Labute approximate surface area is 119 Å². The Kier molecular flexibility index (Phi) is 3.84. The maximum Gasteiger partial charge on any atom is 0.159 e. The third-order valence-electron chi connectivity index (χ3n) is 3.58. The van der Waals surface area contributed by atoms with Crippen LogP contribution in [0.3, 0.4) is 0 Å². The van der Waals surface area contributed by atoms with E-state index in [0.29, 0.717) is 11.1 Å². The lowest BCUT2D eigenvalue weighted by Crippen LogP contribution is -1.97. The molecular weight excluding hydrogens is 248 g/mol. The van der Waals surface area contributed by atoms with Crippen molar-refractivity contribution < 1.29 is 9.59 Å². The third kappa shape index (κ3) is 2.69. The molecule has 0 aliphatic heterocycles. The lowest BCUT2D eigenvalue weighted by Gasteiger charge is -2.12. The van der Waals surface area contributed by atoms with E-state index in [1.165, 1.54) is 0 Å². The van der Waals surface area contributed by atoms with Crippen LogP contribution in [0.1, 0.15) is 45.7 Å². The first-order valence-electron chi connectivity index (χ1n) is 6.63. The molecule has 0 radical (unpaired) electrons. The Balaban J connectivity index is 2.67. The van der Waals surface area contributed by atoms with Gasteiger partial charge in [-0.3, -0.25) is 9.59 Å². The van der Waals surface area contributed by atoms with Gasteiger partial charge in [-0.1, -0.05) is 24.3 Å². The fourth-order valence-electron chi connectivity index (χ4n) is 2.26. The van der Waals surface area contributed by atoms with Crippen molar-refractivity contribution in [3.63, 3.8) is 0 Å². The Bertz CT molecular complexity index is 635. The second kappa shape index (κ2) is 5.41. The molecule has 0 aliphatic carbocycles. The van der Waals surface area contributed by atoms with Crippen LogP contribution in [0.5, 0.6) is 0 Å². The van der Waals surface area contributed by atoms with E-state index in [0.717, 1.165) is 22.3 Å². The molecule has 102 valence electrons. The largest absolute Gasteiger partial charge is 0.295 e. The number of rotatable bonds is 3. The zero-order chi connectivity index (χ0) is 14.9. The maximum absolute atomic E-state index is 11.5. The number of ketones is 2. The predicted molar refractivity (Wildman–Crippen MR) is 81.4 cm³/mol. The molecule has 2 nitrogen and oxygen atoms in total. The SMILES string of the molecule is CC(=O)c1ccc(C)c(-c2cc(C(C)=O)ccc2C)c1. The van der Waals surface area contributed by atoms with E-state index in [-0.39, 0.29) is 11.6 Å². The lowest BCUT2D eigenvalue weighted by molar-refractivity contribution is 0.100. The highest BCUT2D eigenvalue weighted by Crippen LogP contribution is 2.29. The highest BCUT2D eigenvalue weighted by atomic mass is 16.1. The smallest absolute Gasteiger partial charge is 0.159 e. The van der Waals surface area contributed by atoms with Gasteiger partial charge >= 0.3 is 0 Å². The van der Waals surface area contributed by atoms with E-state index in [4.69, 9.17) is 0 Å². The standard InChI is InChI=1S/C18H18O2/c1-11-5-7-15(13(3)19)9-17(11)18-10-16(14(4)20)8-6-12(18)2/h5-10H,1-4H3. The van der Waals surface area contributed by atoms with Crippen LogP contribution in [-0.2, 0) is 0 Å². The Morgan fingerprint density at radius 2 is 1.05 bits per heavy atom. The zero-order valence-corrected chi connectivity index (χ0v) is 12.3. The molecule has 0 fully saturated rings. The van der Waals surface area contributed by atoms with Crippen molar-refractivity contribution in [2.24, 2.45) is 0 Å². The van der Waals surface area contributed by atoms with Crippen molar-refractivity contribution in [1.82, 2.24) is 0 Å². The minimum Gasteiger partial charge on any atom is -0.295 e. The minimum absolute atomic E-state index is 0.0478. The van der Waals surface area contributed by atoms with E-state index in [1.54, 1.807) is 13.8 Å². The highest BCUT2D eigenvalue weighted by molar-refractivity contribution is 5.97. The summed E-state index contributed by atoms with van der Waals surface area (Å²) < 4.78 is 0. The summed E-state index contributed by atoms with van der Waals surface area (Å²) >= 11 is 0. The van der Waals surface area contributed by atoms with Crippen molar-refractivity contribution in [2.45, 2.75) is 27.7 Å². The number of aryl methyl sites for hydroxylation is 2. The summed E-state index contributed by atoms with van der Waals surface area (Å²) in [7, 11) is 0. The van der Waals surface area contributed by atoms with Crippen LogP contribution in [0, 0.1) is 13.8 Å². The fraction of sp³-hybridized carbons (Fsp3) is 0.222. The third-order valence-corrected chi connectivity index (χ3v) is 3.58. The Morgan fingerprint density at radius 1 is 0.700 bits per heavy atom. The molecule has 0 aliphatic rings. The van der Waals surface area contributed by atoms with Crippen LogP contribution >= 0.6 is 0 Å². The summed E-state index contributed by atoms with van der Waals surface area (Å²) in [5, 5.41) is 0. The summed E-state index contributed by atoms with van der Waals surface area (Å²) in [6, 6.07) is 11.4. The molecule has 0 atom stereocenters. The van der Waals surface area contributed by atoms with Gasteiger partial charge in [-0.15, -0.1) is 0 Å². The van der Waals surface area contributed by atoms with Crippen LogP contribution in [0.25, 0.3) is 11.1 Å². The van der Waals surface area contributed by atoms with Gasteiger partial charge in [-0.2, -0.15) is 0 Å². The topological polar surface area (TPSA) is 34.1 Å². The number of Topliss-reactive ketones (excluding diaryl/α,β-unsaturated/α-hetero) is 2. The summed E-state index contributed by atoms with van der Waals surface area (Å²) in [6.07, 6.45) is 0. The van der Waals surface area contributed by atoms with Gasteiger partial charge in [0.2, 0.25) is 0 Å². The van der Waals surface area contributed by atoms with Gasteiger partial charge in [-0.05, 0) is 62.1 Å². The molecule has 0 saturated carbocycles. The molecule has 0 bridgehead atoms. The molecule has 2 heteroatoms. The summed E-state index contributed by atoms with van der Waals surface area (Å²) in [5.41, 5.74) is 5.60. The predicted octanol–water partition coefficient (Wildman–Crippen LogP) is 4.38. The van der Waals surface area contributed by atoms with Crippen molar-refractivity contribution in [1.29, 1.82) is 0 Å². The van der Waals surface area contributed by atoms with E-state index in [1.807, 2.05) is 50.2 Å². The van der Waals surface area contributed by atoms with Gasteiger partial charge in [-0.25, -0.2) is 0 Å². The first-order chi connectivity index (χ1) is 9.40. The molecule has 20 heavy (non-hydrogen) atoms. The Morgan fingerprint density at radius 3 is 1.35 bits per heavy atom. The normalized spacial score (nSPS) is 10.4. The van der Waals surface area contributed by atoms with Gasteiger partial charge in [0.05, 0.1) is 0 Å². The molecule has 0 unspecified atom stereocenters. The summed E-state index contributed by atoms with van der Waals surface area (Å²) in [4.78, 5) is 23.1. The van der Waals surface area contributed by atoms with E-state index in [2.05, 4.69) is 0 Å². The van der Waals surface area contributed by atoms with Gasteiger partial charge in [0.15, 0.2) is 11.6 Å². The lowest BCUT2D eigenvalue weighted by atomic mass is 9.92. The number of benzene rings is 2. The molecular formula is C18H18O2. The summed E-state index contributed by atoms with van der Waals surface area (Å²) in [5.74, 6) is 0.0956. The van der Waals surface area contributed by atoms with Crippen LogP contribution in [0.15, 0.2) is 36.4 Å². The fourth-order valence-corrected chi connectivity index (χ4v) is 2.26. The monoisotopic (exact) mass is 266 g/mol. The van der Waals surface area contributed by atoms with Gasteiger partial charge in [0.1, 0.15) is 0 Å². The number of carbonyl (C=O) groups is 2. The molecule has 2 rings (SSSR count). The molecule has 2 aromatic carbocycles. The van der Waals surface area contributed by atoms with Crippen LogP contribution in [-0.4, -0.2) is 11.6 Å². The molecule has 0 saturated heterocycles. The van der Waals surface area contributed by atoms with Crippen molar-refractivity contribution >= 4 is 11.6 Å². The van der Waals surface area contributed by atoms with Crippen LogP contribution < -0.4 is 0 Å². The molecule has 0 heterocycles. The zero-order valence-electron chi connectivity index (χ0n) is 12.3. The van der Waals surface area contributed by atoms with Gasteiger partial charge < -0.3 is 0 Å². The van der Waals surface area contributed by atoms with E-state index in [9.17, 15) is 9.59 Å². The highest BCUT2D eigenvalue weighted by Gasteiger charge is 2.10. The van der Waals surface area contributed by atoms with E-state index < -0.39 is 0 Å². The average Bonchev–Trinajstić information content (AvgIpc) is 2.39. The number of carbonyl (C=O) groups excluding carboxylic acids is 2. The van der Waals surface area contributed by atoms with Crippen LogP contribution in [0.2, 0.25) is 0 Å². The number of hydrogen-bond donors (Lipinski definition) is 0. The molecule has 0 spiro atoms. The van der Waals surface area contributed by atoms with Crippen molar-refractivity contribution in [3.8, 4) is 11.1 Å².